The minimum absolute atomic E-state index is 0.000278. The van der Waals surface area contributed by atoms with Crippen molar-refractivity contribution in [1.82, 2.24) is 5.32 Å². The molecule has 118 valence electrons. The molecule has 0 saturated heterocycles. The highest BCUT2D eigenvalue weighted by Crippen LogP contribution is 2.36. The Bertz CT molecular complexity index is 455. The van der Waals surface area contributed by atoms with E-state index in [4.69, 9.17) is 0 Å². The van der Waals surface area contributed by atoms with Crippen molar-refractivity contribution in [2.75, 3.05) is 6.54 Å². The molecule has 1 saturated carbocycles. The lowest BCUT2D eigenvalue weighted by molar-refractivity contribution is -0.143. The zero-order valence-electron chi connectivity index (χ0n) is 11.1. The van der Waals surface area contributed by atoms with Crippen LogP contribution in [0.2, 0.25) is 0 Å². The van der Waals surface area contributed by atoms with Gasteiger partial charge in [0, 0.05) is 6.54 Å². The molecule has 1 aromatic rings. The molecule has 1 fully saturated rings. The van der Waals surface area contributed by atoms with Crippen molar-refractivity contribution in [2.24, 2.45) is 5.92 Å². The second kappa shape index (κ2) is 5.87. The summed E-state index contributed by atoms with van der Waals surface area (Å²) in [5.74, 6) is 0.657. The molecule has 0 bridgehead atoms. The van der Waals surface area contributed by atoms with Crippen LogP contribution in [-0.4, -0.2) is 6.54 Å². The zero-order valence-corrected chi connectivity index (χ0v) is 11.1. The highest BCUT2D eigenvalue weighted by molar-refractivity contribution is 5.33. The molecule has 1 aromatic carbocycles. The first-order valence-corrected chi connectivity index (χ1v) is 6.65. The molecule has 0 spiro atoms. The van der Waals surface area contributed by atoms with Crippen LogP contribution in [0.5, 0.6) is 0 Å². The molecule has 1 N–H and O–H groups in total. The fraction of sp³-hybridized carbons (Fsp3) is 0.571. The smallest absolute Gasteiger partial charge is 0.313 e. The Morgan fingerprint density at radius 2 is 1.43 bits per heavy atom. The van der Waals surface area contributed by atoms with E-state index in [0.29, 0.717) is 12.5 Å². The van der Waals surface area contributed by atoms with Crippen molar-refractivity contribution >= 4 is 0 Å². The minimum atomic E-state index is -4.79. The van der Waals surface area contributed by atoms with Crippen molar-refractivity contribution in [1.29, 1.82) is 0 Å². The number of rotatable bonds is 5. The van der Waals surface area contributed by atoms with E-state index in [1.54, 1.807) is 0 Å². The zero-order chi connectivity index (χ0) is 15.7. The van der Waals surface area contributed by atoms with Crippen LogP contribution in [0.1, 0.15) is 36.0 Å². The number of nitrogens with one attached hydrogen (secondary N) is 1. The van der Waals surface area contributed by atoms with E-state index < -0.39 is 23.5 Å². The van der Waals surface area contributed by atoms with E-state index in [1.165, 1.54) is 0 Å². The first-order chi connectivity index (χ1) is 9.66. The first-order valence-electron chi connectivity index (χ1n) is 6.65. The van der Waals surface area contributed by atoms with Gasteiger partial charge in [0.1, 0.15) is 0 Å². The molecule has 21 heavy (non-hydrogen) atoms. The van der Waals surface area contributed by atoms with Crippen LogP contribution >= 0.6 is 0 Å². The number of halogens is 6. The molecule has 1 nitrogen and oxygen atoms in total. The summed E-state index contributed by atoms with van der Waals surface area (Å²) in [5.41, 5.74) is -2.54. The highest BCUT2D eigenvalue weighted by atomic mass is 19.4. The standard InChI is InChI=1S/C14H15F6N/c15-13(16,17)11-5-10(6-12(7-11)14(18,19)20)8-21-4-3-9-1-2-9/h5-7,9,21H,1-4,8H2. The first kappa shape index (κ1) is 16.1. The van der Waals surface area contributed by atoms with Gasteiger partial charge in [0.2, 0.25) is 0 Å². The Hall–Kier alpha value is -1.24. The van der Waals surface area contributed by atoms with Gasteiger partial charge in [-0.3, -0.25) is 0 Å². The van der Waals surface area contributed by atoms with Gasteiger partial charge in [-0.25, -0.2) is 0 Å². The average molecular weight is 311 g/mol. The summed E-state index contributed by atoms with van der Waals surface area (Å²) >= 11 is 0. The van der Waals surface area contributed by atoms with Crippen LogP contribution in [0.4, 0.5) is 26.3 Å². The van der Waals surface area contributed by atoms with Gasteiger partial charge in [-0.15, -0.1) is 0 Å². The Kier molecular flexibility index (Phi) is 4.51. The largest absolute Gasteiger partial charge is 0.416 e. The molecule has 0 aromatic heterocycles. The lowest BCUT2D eigenvalue weighted by Crippen LogP contribution is -2.17. The van der Waals surface area contributed by atoms with Crippen LogP contribution in [0, 0.1) is 5.92 Å². The van der Waals surface area contributed by atoms with Crippen molar-refractivity contribution in [2.45, 2.75) is 38.2 Å². The minimum Gasteiger partial charge on any atom is -0.313 e. The quantitative estimate of drug-likeness (QED) is 0.618. The van der Waals surface area contributed by atoms with E-state index in [-0.39, 0.29) is 18.2 Å². The van der Waals surface area contributed by atoms with Gasteiger partial charge in [0.05, 0.1) is 11.1 Å². The summed E-state index contributed by atoms with van der Waals surface area (Å²) in [6.45, 7) is 0.599. The molecule has 1 aliphatic rings. The molecule has 0 atom stereocenters. The molecule has 0 radical (unpaired) electrons. The van der Waals surface area contributed by atoms with E-state index in [1.807, 2.05) is 0 Å². The second-order valence-electron chi connectivity index (χ2n) is 5.32. The van der Waals surface area contributed by atoms with E-state index in [9.17, 15) is 26.3 Å². The number of hydrogen-bond donors (Lipinski definition) is 1. The van der Waals surface area contributed by atoms with E-state index in [2.05, 4.69) is 5.32 Å². The maximum atomic E-state index is 12.7. The predicted molar refractivity (Wildman–Crippen MR) is 65.5 cm³/mol. The fourth-order valence-electron chi connectivity index (χ4n) is 2.07. The maximum Gasteiger partial charge on any atom is 0.416 e. The molecular weight excluding hydrogens is 296 g/mol. The Morgan fingerprint density at radius 3 is 1.86 bits per heavy atom. The SMILES string of the molecule is FC(F)(F)c1cc(CNCCC2CC2)cc(C(F)(F)F)c1. The number of benzene rings is 1. The molecule has 0 heterocycles. The van der Waals surface area contributed by atoms with E-state index >= 15 is 0 Å². The Labute approximate surface area is 118 Å². The molecule has 0 aliphatic heterocycles. The summed E-state index contributed by atoms with van der Waals surface area (Å²) in [6.07, 6.45) is -6.36. The molecule has 7 heteroatoms. The summed E-state index contributed by atoms with van der Waals surface area (Å²) in [6, 6.07) is 1.67. The summed E-state index contributed by atoms with van der Waals surface area (Å²) in [5, 5.41) is 2.90. The highest BCUT2D eigenvalue weighted by Gasteiger charge is 2.36. The Morgan fingerprint density at radius 1 is 0.905 bits per heavy atom. The molecule has 1 aliphatic carbocycles. The lowest BCUT2D eigenvalue weighted by atomic mass is 10.0. The van der Waals surface area contributed by atoms with Crippen LogP contribution in [-0.2, 0) is 18.9 Å². The summed E-state index contributed by atoms with van der Waals surface area (Å²) < 4.78 is 75.9. The van der Waals surface area contributed by atoms with Gasteiger partial charge in [-0.2, -0.15) is 26.3 Å². The van der Waals surface area contributed by atoms with Crippen molar-refractivity contribution < 1.29 is 26.3 Å². The van der Waals surface area contributed by atoms with Crippen LogP contribution in [0.25, 0.3) is 0 Å². The third-order valence-corrected chi connectivity index (χ3v) is 3.40. The lowest BCUT2D eigenvalue weighted by Gasteiger charge is -2.14. The topological polar surface area (TPSA) is 12.0 Å². The molecule has 2 rings (SSSR count). The van der Waals surface area contributed by atoms with E-state index in [0.717, 1.165) is 31.4 Å². The number of alkyl halides is 6. The maximum absolute atomic E-state index is 12.7. The Balaban J connectivity index is 2.10. The number of hydrogen-bond acceptors (Lipinski definition) is 1. The van der Waals surface area contributed by atoms with Gasteiger partial charge in [0.15, 0.2) is 0 Å². The normalized spacial score (nSPS) is 16.3. The molecule has 0 unspecified atom stereocenters. The summed E-state index contributed by atoms with van der Waals surface area (Å²) in [7, 11) is 0. The monoisotopic (exact) mass is 311 g/mol. The van der Waals surface area contributed by atoms with Crippen molar-refractivity contribution in [3.63, 3.8) is 0 Å². The third kappa shape index (κ3) is 4.91. The molecular formula is C14H15F6N. The van der Waals surface area contributed by atoms with Crippen LogP contribution in [0.15, 0.2) is 18.2 Å². The fourth-order valence-corrected chi connectivity index (χ4v) is 2.07. The van der Waals surface area contributed by atoms with Gasteiger partial charge < -0.3 is 5.32 Å². The van der Waals surface area contributed by atoms with Gasteiger partial charge in [0.25, 0.3) is 0 Å². The van der Waals surface area contributed by atoms with Crippen molar-refractivity contribution in [3.8, 4) is 0 Å². The predicted octanol–water partition coefficient (Wildman–Crippen LogP) is 4.61. The van der Waals surface area contributed by atoms with Crippen LogP contribution < -0.4 is 5.32 Å². The third-order valence-electron chi connectivity index (χ3n) is 3.40. The van der Waals surface area contributed by atoms with Crippen molar-refractivity contribution in [3.05, 3.63) is 34.9 Å². The van der Waals surface area contributed by atoms with Gasteiger partial charge in [-0.1, -0.05) is 12.8 Å². The summed E-state index contributed by atoms with van der Waals surface area (Å²) in [4.78, 5) is 0. The van der Waals surface area contributed by atoms with Gasteiger partial charge in [-0.05, 0) is 42.6 Å². The second-order valence-corrected chi connectivity index (χ2v) is 5.32. The van der Waals surface area contributed by atoms with Crippen LogP contribution in [0.3, 0.4) is 0 Å². The van der Waals surface area contributed by atoms with Gasteiger partial charge >= 0.3 is 12.4 Å². The average Bonchev–Trinajstić information content (AvgIpc) is 3.16. The molecule has 0 amide bonds.